The second-order valence-electron chi connectivity index (χ2n) is 8.95. The molecular formula is C24H29ClN2O5. The molecule has 0 N–H and O–H groups in total. The zero-order chi connectivity index (χ0) is 22.2. The number of carbonyl (C=O) groups is 2. The number of hydrogen-bond donors (Lipinski definition) is 0. The van der Waals surface area contributed by atoms with Crippen LogP contribution in [-0.2, 0) is 23.8 Å². The molecule has 0 aromatic heterocycles. The van der Waals surface area contributed by atoms with Gasteiger partial charge in [0.05, 0.1) is 36.9 Å². The molecule has 7 nitrogen and oxygen atoms in total. The molecule has 172 valence electrons. The van der Waals surface area contributed by atoms with Crippen molar-refractivity contribution in [2.75, 3.05) is 46.5 Å². The lowest BCUT2D eigenvalue weighted by Gasteiger charge is -2.38. The van der Waals surface area contributed by atoms with Crippen LogP contribution < -0.4 is 0 Å². The Hall–Kier alpha value is -1.93. The topological polar surface area (TPSA) is 68.3 Å². The summed E-state index contributed by atoms with van der Waals surface area (Å²) < 4.78 is 17.2. The van der Waals surface area contributed by atoms with Crippen molar-refractivity contribution in [3.05, 3.63) is 46.2 Å². The fourth-order valence-corrected chi connectivity index (χ4v) is 5.62. The molecule has 32 heavy (non-hydrogen) atoms. The van der Waals surface area contributed by atoms with Crippen LogP contribution in [0.5, 0.6) is 0 Å². The lowest BCUT2D eigenvalue weighted by Crippen LogP contribution is -2.43. The quantitative estimate of drug-likeness (QED) is 0.672. The molecule has 3 aliphatic heterocycles. The van der Waals surface area contributed by atoms with E-state index in [2.05, 4.69) is 4.90 Å². The van der Waals surface area contributed by atoms with Gasteiger partial charge in [-0.25, -0.2) is 0 Å². The number of ketones is 1. The monoisotopic (exact) mass is 460 g/mol. The molecule has 3 heterocycles. The number of ether oxygens (including phenoxy) is 3. The second kappa shape index (κ2) is 9.14. The number of nitrogens with zero attached hydrogens (tertiary/aromatic N) is 2. The Balaban J connectivity index is 1.46. The van der Waals surface area contributed by atoms with Crippen molar-refractivity contribution in [3.8, 4) is 0 Å². The molecule has 4 atom stereocenters. The first-order valence-corrected chi connectivity index (χ1v) is 11.8. The van der Waals surface area contributed by atoms with Crippen LogP contribution in [-0.4, -0.2) is 80.2 Å². The number of Topliss-reactive ketones (excluding diaryl/α,β-unsaturated/α-hetero) is 1. The molecular weight excluding hydrogens is 432 g/mol. The largest absolute Gasteiger partial charge is 0.483 e. The van der Waals surface area contributed by atoms with E-state index in [1.165, 1.54) is 0 Å². The summed E-state index contributed by atoms with van der Waals surface area (Å²) in [5.41, 5.74) is 1.34. The Labute approximate surface area is 193 Å². The average molecular weight is 461 g/mol. The minimum Gasteiger partial charge on any atom is -0.483 e. The molecule has 1 amide bonds. The maximum atomic E-state index is 13.7. The molecule has 4 unspecified atom stereocenters. The van der Waals surface area contributed by atoms with Gasteiger partial charge in [-0.3, -0.25) is 14.5 Å². The molecule has 8 heteroatoms. The zero-order valence-corrected chi connectivity index (χ0v) is 19.1. The first-order valence-electron chi connectivity index (χ1n) is 11.4. The minimum absolute atomic E-state index is 0.0398. The summed E-state index contributed by atoms with van der Waals surface area (Å²) in [7, 11) is 1.68. The van der Waals surface area contributed by atoms with E-state index >= 15 is 0 Å². The fourth-order valence-electron chi connectivity index (χ4n) is 5.42. The van der Waals surface area contributed by atoms with Crippen LogP contribution in [0.2, 0.25) is 5.02 Å². The number of carbonyl (C=O) groups excluding carboxylic acids is 2. The van der Waals surface area contributed by atoms with Crippen LogP contribution in [0.3, 0.4) is 0 Å². The molecule has 1 aliphatic carbocycles. The third-order valence-electron chi connectivity index (χ3n) is 7.16. The Morgan fingerprint density at radius 3 is 2.72 bits per heavy atom. The highest BCUT2D eigenvalue weighted by molar-refractivity contribution is 6.30. The number of halogens is 1. The number of methoxy groups -OCH3 is 1. The summed E-state index contributed by atoms with van der Waals surface area (Å²) in [5, 5.41) is 0.583. The van der Waals surface area contributed by atoms with E-state index in [1.54, 1.807) is 18.1 Å². The lowest BCUT2D eigenvalue weighted by atomic mass is 9.76. The van der Waals surface area contributed by atoms with Gasteiger partial charge in [0.25, 0.3) is 5.91 Å². The summed E-state index contributed by atoms with van der Waals surface area (Å²) in [6.45, 7) is 4.32. The van der Waals surface area contributed by atoms with E-state index in [0.29, 0.717) is 43.2 Å². The Bertz CT molecular complexity index is 929. The molecule has 0 radical (unpaired) electrons. The maximum absolute atomic E-state index is 13.7. The van der Waals surface area contributed by atoms with Crippen LogP contribution in [0, 0.1) is 5.92 Å². The molecule has 5 rings (SSSR count). The molecule has 1 aromatic rings. The minimum atomic E-state index is -0.467. The first-order chi connectivity index (χ1) is 15.6. The number of hydrogen-bond acceptors (Lipinski definition) is 6. The first kappa shape index (κ1) is 21.9. The van der Waals surface area contributed by atoms with Crippen molar-refractivity contribution in [3.63, 3.8) is 0 Å². The van der Waals surface area contributed by atoms with Gasteiger partial charge >= 0.3 is 0 Å². The maximum Gasteiger partial charge on any atom is 0.290 e. The molecule has 0 spiro atoms. The summed E-state index contributed by atoms with van der Waals surface area (Å²) >= 11 is 6.29. The molecule has 1 saturated carbocycles. The Morgan fingerprint density at radius 2 is 1.97 bits per heavy atom. The number of morpholine rings is 1. The molecule has 2 fully saturated rings. The number of benzene rings is 1. The fraction of sp³-hybridized carbons (Fsp3) is 0.583. The van der Waals surface area contributed by atoms with Crippen molar-refractivity contribution < 1.29 is 23.8 Å². The SMILES string of the molecule is COC1CCC2C(=O)C3=C(OC2C1)C(=O)N(CCN1CCOCC1)C3c1cccc(Cl)c1. The van der Waals surface area contributed by atoms with Crippen LogP contribution in [0.1, 0.15) is 30.9 Å². The lowest BCUT2D eigenvalue weighted by molar-refractivity contribution is -0.138. The average Bonchev–Trinajstić information content (AvgIpc) is 3.10. The van der Waals surface area contributed by atoms with Gasteiger partial charge in [-0.2, -0.15) is 0 Å². The molecule has 4 aliphatic rings. The van der Waals surface area contributed by atoms with Crippen molar-refractivity contribution in [1.29, 1.82) is 0 Å². The second-order valence-corrected chi connectivity index (χ2v) is 9.39. The summed E-state index contributed by atoms with van der Waals surface area (Å²) in [4.78, 5) is 31.3. The highest BCUT2D eigenvalue weighted by Gasteiger charge is 2.52. The predicted octanol–water partition coefficient (Wildman–Crippen LogP) is 2.59. The summed E-state index contributed by atoms with van der Waals surface area (Å²) in [5.74, 6) is -0.170. The number of amides is 1. The van der Waals surface area contributed by atoms with Crippen molar-refractivity contribution >= 4 is 23.3 Å². The van der Waals surface area contributed by atoms with E-state index in [9.17, 15) is 9.59 Å². The third kappa shape index (κ3) is 3.96. The normalized spacial score (nSPS) is 30.9. The van der Waals surface area contributed by atoms with Crippen LogP contribution in [0.25, 0.3) is 0 Å². The van der Waals surface area contributed by atoms with Gasteiger partial charge in [-0.1, -0.05) is 23.7 Å². The van der Waals surface area contributed by atoms with Gasteiger partial charge in [0.15, 0.2) is 11.5 Å². The third-order valence-corrected chi connectivity index (χ3v) is 7.39. The molecule has 0 bridgehead atoms. The standard InChI is InChI=1S/C24H29ClN2O5/c1-30-17-5-6-18-19(14-17)32-23-20(22(18)28)21(15-3-2-4-16(25)13-15)27(24(23)29)8-7-26-9-11-31-12-10-26/h2-4,13,17-19,21H,5-12,14H2,1H3. The Kier molecular flexibility index (Phi) is 6.25. The number of rotatable bonds is 5. The zero-order valence-electron chi connectivity index (χ0n) is 18.3. The predicted molar refractivity (Wildman–Crippen MR) is 118 cm³/mol. The van der Waals surface area contributed by atoms with Gasteiger partial charge in [0.1, 0.15) is 6.10 Å². The van der Waals surface area contributed by atoms with Crippen molar-refractivity contribution in [1.82, 2.24) is 9.80 Å². The van der Waals surface area contributed by atoms with Gasteiger partial charge in [-0.05, 0) is 30.5 Å². The van der Waals surface area contributed by atoms with Crippen molar-refractivity contribution in [2.45, 2.75) is 37.5 Å². The van der Waals surface area contributed by atoms with E-state index in [-0.39, 0.29) is 35.6 Å². The van der Waals surface area contributed by atoms with Gasteiger partial charge in [0, 0.05) is 44.7 Å². The van der Waals surface area contributed by atoms with E-state index in [1.807, 2.05) is 18.2 Å². The highest BCUT2D eigenvalue weighted by Crippen LogP contribution is 2.47. The summed E-state index contributed by atoms with van der Waals surface area (Å²) in [6, 6.07) is 6.98. The molecule has 1 saturated heterocycles. The smallest absolute Gasteiger partial charge is 0.290 e. The van der Waals surface area contributed by atoms with E-state index in [4.69, 9.17) is 25.8 Å². The van der Waals surface area contributed by atoms with E-state index < -0.39 is 6.04 Å². The molecule has 1 aromatic carbocycles. The highest BCUT2D eigenvalue weighted by atomic mass is 35.5. The summed E-state index contributed by atoms with van der Waals surface area (Å²) in [6.07, 6.45) is 1.92. The van der Waals surface area contributed by atoms with Crippen LogP contribution in [0.4, 0.5) is 0 Å². The number of fused-ring (bicyclic) bond motifs is 1. The van der Waals surface area contributed by atoms with Crippen LogP contribution >= 0.6 is 11.6 Å². The Morgan fingerprint density at radius 1 is 1.16 bits per heavy atom. The van der Waals surface area contributed by atoms with Crippen LogP contribution in [0.15, 0.2) is 35.6 Å². The van der Waals surface area contributed by atoms with Crippen molar-refractivity contribution in [2.24, 2.45) is 5.92 Å². The van der Waals surface area contributed by atoms with E-state index in [0.717, 1.165) is 31.6 Å². The van der Waals surface area contributed by atoms with Gasteiger partial charge in [-0.15, -0.1) is 0 Å². The van der Waals surface area contributed by atoms with Gasteiger partial charge < -0.3 is 19.1 Å². The van der Waals surface area contributed by atoms with Gasteiger partial charge in [0.2, 0.25) is 0 Å².